The Bertz CT molecular complexity index is 745. The summed E-state index contributed by atoms with van der Waals surface area (Å²) in [5.74, 6) is 0.460. The maximum atomic E-state index is 13.0. The topological polar surface area (TPSA) is 22.1 Å². The van der Waals surface area contributed by atoms with Gasteiger partial charge in [0.2, 0.25) is 5.95 Å². The van der Waals surface area contributed by atoms with Gasteiger partial charge in [0.15, 0.2) is 0 Å². The number of ether oxygens (including phenoxy) is 1. The average molecular weight is 274 g/mol. The molecule has 0 amide bonds. The van der Waals surface area contributed by atoms with Crippen LogP contribution in [0.1, 0.15) is 0 Å². The Labute approximate surface area is 114 Å². The van der Waals surface area contributed by atoms with Crippen molar-refractivity contribution in [1.29, 1.82) is 0 Å². The van der Waals surface area contributed by atoms with Gasteiger partial charge in [-0.25, -0.2) is 4.98 Å². The minimum atomic E-state index is -0.573. The lowest BCUT2D eigenvalue weighted by molar-refractivity contribution is 0.477. The predicted molar refractivity (Wildman–Crippen MR) is 73.2 cm³/mol. The summed E-state index contributed by atoms with van der Waals surface area (Å²) in [4.78, 5) is 3.49. The number of rotatable bonds is 2. The minimum absolute atomic E-state index is 0.403. The van der Waals surface area contributed by atoms with Crippen LogP contribution < -0.4 is 4.74 Å². The third-order valence-electron chi connectivity index (χ3n) is 2.76. The van der Waals surface area contributed by atoms with Crippen molar-refractivity contribution in [1.82, 2.24) is 4.98 Å². The zero-order chi connectivity index (χ0) is 13.2. The molecule has 0 radical (unpaired) electrons. The summed E-state index contributed by atoms with van der Waals surface area (Å²) in [6.07, 6.45) is 1.36. The first-order valence-electron chi connectivity index (χ1n) is 5.71. The van der Waals surface area contributed by atoms with Crippen molar-refractivity contribution in [3.8, 4) is 11.5 Å². The van der Waals surface area contributed by atoms with Crippen molar-refractivity contribution in [3.05, 3.63) is 65.7 Å². The largest absolute Gasteiger partial charge is 0.456 e. The molecular formula is C15H9ClFNO. The number of hydrogen-bond donors (Lipinski definition) is 0. The van der Waals surface area contributed by atoms with E-state index in [9.17, 15) is 4.39 Å². The van der Waals surface area contributed by atoms with Crippen molar-refractivity contribution in [3.63, 3.8) is 0 Å². The highest BCUT2D eigenvalue weighted by atomic mass is 35.5. The third-order valence-corrected chi connectivity index (χ3v) is 3.09. The summed E-state index contributed by atoms with van der Waals surface area (Å²) in [7, 11) is 0. The maximum absolute atomic E-state index is 13.0. The monoisotopic (exact) mass is 273 g/mol. The van der Waals surface area contributed by atoms with Crippen molar-refractivity contribution in [2.24, 2.45) is 0 Å². The highest BCUT2D eigenvalue weighted by Gasteiger charge is 2.06. The lowest BCUT2D eigenvalue weighted by Gasteiger charge is -2.09. The summed E-state index contributed by atoms with van der Waals surface area (Å²) in [5, 5.41) is 2.44. The minimum Gasteiger partial charge on any atom is -0.456 e. The van der Waals surface area contributed by atoms with E-state index in [4.69, 9.17) is 16.3 Å². The van der Waals surface area contributed by atoms with Crippen molar-refractivity contribution < 1.29 is 9.13 Å². The Kier molecular flexibility index (Phi) is 3.05. The van der Waals surface area contributed by atoms with Gasteiger partial charge in [0.1, 0.15) is 11.5 Å². The molecule has 0 aliphatic carbocycles. The van der Waals surface area contributed by atoms with Gasteiger partial charge in [0.25, 0.3) is 0 Å². The first-order valence-corrected chi connectivity index (χ1v) is 6.08. The molecule has 0 saturated heterocycles. The van der Waals surface area contributed by atoms with Crippen LogP contribution in [-0.4, -0.2) is 4.98 Å². The molecule has 1 heterocycles. The van der Waals surface area contributed by atoms with E-state index in [0.29, 0.717) is 16.5 Å². The van der Waals surface area contributed by atoms with Crippen LogP contribution >= 0.6 is 11.6 Å². The van der Waals surface area contributed by atoms with E-state index in [0.717, 1.165) is 10.8 Å². The van der Waals surface area contributed by atoms with Crippen LogP contribution in [0.5, 0.6) is 11.5 Å². The van der Waals surface area contributed by atoms with Gasteiger partial charge >= 0.3 is 0 Å². The zero-order valence-corrected chi connectivity index (χ0v) is 10.6. The maximum Gasteiger partial charge on any atom is 0.216 e. The first kappa shape index (κ1) is 11.9. The van der Waals surface area contributed by atoms with Crippen LogP contribution in [0.2, 0.25) is 5.02 Å². The molecule has 0 bridgehead atoms. The smallest absolute Gasteiger partial charge is 0.216 e. The highest BCUT2D eigenvalue weighted by molar-refractivity contribution is 6.35. The van der Waals surface area contributed by atoms with Crippen LogP contribution in [0.4, 0.5) is 4.39 Å². The lowest BCUT2D eigenvalue weighted by Crippen LogP contribution is -1.88. The summed E-state index contributed by atoms with van der Waals surface area (Å²) >= 11 is 6.13. The van der Waals surface area contributed by atoms with Crippen LogP contribution in [0, 0.1) is 5.95 Å². The van der Waals surface area contributed by atoms with E-state index in [1.165, 1.54) is 12.3 Å². The molecule has 94 valence electrons. The molecule has 3 rings (SSSR count). The van der Waals surface area contributed by atoms with E-state index >= 15 is 0 Å². The van der Waals surface area contributed by atoms with Crippen molar-refractivity contribution in [2.75, 3.05) is 0 Å². The van der Waals surface area contributed by atoms with Crippen molar-refractivity contribution >= 4 is 22.4 Å². The van der Waals surface area contributed by atoms with E-state index in [1.54, 1.807) is 18.2 Å². The van der Waals surface area contributed by atoms with Gasteiger partial charge in [0, 0.05) is 28.1 Å². The molecule has 0 N–H and O–H groups in total. The first-order chi connectivity index (χ1) is 9.24. The van der Waals surface area contributed by atoms with Gasteiger partial charge in [-0.15, -0.1) is 0 Å². The second kappa shape index (κ2) is 4.86. The zero-order valence-electron chi connectivity index (χ0n) is 9.81. The highest BCUT2D eigenvalue weighted by Crippen LogP contribution is 2.33. The number of hydrogen-bond acceptors (Lipinski definition) is 2. The summed E-state index contributed by atoms with van der Waals surface area (Å²) < 4.78 is 18.7. The van der Waals surface area contributed by atoms with Gasteiger partial charge < -0.3 is 4.74 Å². The molecule has 0 atom stereocenters. The number of fused-ring (bicyclic) bond motifs is 1. The van der Waals surface area contributed by atoms with Crippen LogP contribution in [0.3, 0.4) is 0 Å². The normalized spacial score (nSPS) is 10.6. The molecule has 0 saturated carbocycles. The van der Waals surface area contributed by atoms with Gasteiger partial charge in [-0.05, 0) is 18.2 Å². The second-order valence-corrected chi connectivity index (χ2v) is 4.41. The molecule has 0 unspecified atom stereocenters. The second-order valence-electron chi connectivity index (χ2n) is 4.01. The molecule has 2 nitrogen and oxygen atoms in total. The van der Waals surface area contributed by atoms with E-state index in [2.05, 4.69) is 4.98 Å². The number of benzene rings is 2. The molecule has 4 heteroatoms. The fourth-order valence-corrected chi connectivity index (χ4v) is 2.13. The Morgan fingerprint density at radius 1 is 1.00 bits per heavy atom. The Balaban J connectivity index is 2.09. The molecule has 0 fully saturated rings. The summed E-state index contributed by atoms with van der Waals surface area (Å²) in [5.41, 5.74) is 0. The quantitative estimate of drug-likeness (QED) is 0.625. The van der Waals surface area contributed by atoms with Crippen LogP contribution in [0.25, 0.3) is 10.8 Å². The average Bonchev–Trinajstić information content (AvgIpc) is 2.42. The van der Waals surface area contributed by atoms with Gasteiger partial charge in [-0.3, -0.25) is 0 Å². The molecule has 0 spiro atoms. The fourth-order valence-electron chi connectivity index (χ4n) is 1.90. The van der Waals surface area contributed by atoms with Gasteiger partial charge in [0.05, 0.1) is 0 Å². The van der Waals surface area contributed by atoms with E-state index in [1.807, 2.05) is 24.3 Å². The van der Waals surface area contributed by atoms with Crippen molar-refractivity contribution in [2.45, 2.75) is 0 Å². The number of nitrogens with zero attached hydrogens (tertiary/aromatic N) is 1. The van der Waals surface area contributed by atoms with E-state index in [-0.39, 0.29) is 0 Å². The Hall–Kier alpha value is -2.13. The summed E-state index contributed by atoms with van der Waals surface area (Å²) in [6, 6.07) is 14.0. The third kappa shape index (κ3) is 2.37. The molecule has 2 aromatic carbocycles. The number of halogens is 2. The molecular weight excluding hydrogens is 265 g/mol. The van der Waals surface area contributed by atoms with Crippen LogP contribution in [0.15, 0.2) is 54.7 Å². The number of pyridine rings is 1. The van der Waals surface area contributed by atoms with Gasteiger partial charge in [-0.1, -0.05) is 35.9 Å². The standard InChI is InChI=1S/C15H9ClFNO/c16-13-5-6-14(12-4-2-1-3-11(12)13)19-10-7-8-18-15(17)9-10/h1-9H. The molecule has 0 aliphatic heterocycles. The van der Waals surface area contributed by atoms with E-state index < -0.39 is 5.95 Å². The molecule has 0 aliphatic rings. The lowest BCUT2D eigenvalue weighted by atomic mass is 10.1. The summed E-state index contributed by atoms with van der Waals surface area (Å²) in [6.45, 7) is 0. The molecule has 1 aromatic heterocycles. The Morgan fingerprint density at radius 2 is 1.79 bits per heavy atom. The Morgan fingerprint density at radius 3 is 2.58 bits per heavy atom. The SMILES string of the molecule is Fc1cc(Oc2ccc(Cl)c3ccccc23)ccn1. The molecule has 19 heavy (non-hydrogen) atoms. The number of aromatic nitrogens is 1. The van der Waals surface area contributed by atoms with Crippen LogP contribution in [-0.2, 0) is 0 Å². The fraction of sp³-hybridized carbons (Fsp3) is 0. The van der Waals surface area contributed by atoms with Gasteiger partial charge in [-0.2, -0.15) is 4.39 Å². The molecule has 3 aromatic rings. The predicted octanol–water partition coefficient (Wildman–Crippen LogP) is 4.82.